The molecule has 1 N–H and O–H groups in total. The molecule has 0 aliphatic heterocycles. The van der Waals surface area contributed by atoms with Crippen LogP contribution < -0.4 is 10.1 Å². The summed E-state index contributed by atoms with van der Waals surface area (Å²) in [6, 6.07) is 8.65. The molecule has 0 bridgehead atoms. The molecule has 1 aromatic rings. The van der Waals surface area contributed by atoms with Gasteiger partial charge in [-0.1, -0.05) is 12.1 Å². The first-order valence-electron chi connectivity index (χ1n) is 6.28. The summed E-state index contributed by atoms with van der Waals surface area (Å²) < 4.78 is 16.1. The third-order valence-corrected chi connectivity index (χ3v) is 3.69. The lowest BCUT2D eigenvalue weighted by atomic mass is 10.1. The minimum atomic E-state index is -0.702. The summed E-state index contributed by atoms with van der Waals surface area (Å²) in [7, 11) is 0.977. The molecule has 0 amide bonds. The molecule has 0 aliphatic carbocycles. The second-order valence-corrected chi connectivity index (χ2v) is 6.07. The van der Waals surface area contributed by atoms with Crippen LogP contribution in [0.3, 0.4) is 0 Å². The van der Waals surface area contributed by atoms with Gasteiger partial charge in [-0.15, -0.1) is 0 Å². The SMILES string of the molecule is COc1ccc(CCC(C)NCCS(C)=O)cc1. The minimum Gasteiger partial charge on any atom is -0.497 e. The molecule has 0 radical (unpaired) electrons. The Hall–Kier alpha value is -0.870. The van der Waals surface area contributed by atoms with E-state index in [1.54, 1.807) is 13.4 Å². The number of aryl methyl sites for hydroxylation is 1. The maximum atomic E-state index is 10.9. The van der Waals surface area contributed by atoms with Crippen molar-refractivity contribution in [3.8, 4) is 5.75 Å². The Labute approximate surface area is 112 Å². The molecule has 0 saturated carbocycles. The zero-order chi connectivity index (χ0) is 13.4. The predicted octanol–water partition coefficient (Wildman–Crippen LogP) is 1.98. The highest BCUT2D eigenvalue weighted by Gasteiger charge is 2.02. The third-order valence-electron chi connectivity index (χ3n) is 2.91. The molecule has 1 aromatic carbocycles. The lowest BCUT2D eigenvalue weighted by Gasteiger charge is -2.13. The third kappa shape index (κ3) is 6.17. The van der Waals surface area contributed by atoms with Gasteiger partial charge in [-0.05, 0) is 37.5 Å². The van der Waals surface area contributed by atoms with E-state index in [0.29, 0.717) is 6.04 Å². The van der Waals surface area contributed by atoms with Crippen LogP contribution in [0.15, 0.2) is 24.3 Å². The molecule has 0 fully saturated rings. The van der Waals surface area contributed by atoms with E-state index in [1.165, 1.54) is 5.56 Å². The number of benzene rings is 1. The Morgan fingerprint density at radius 2 is 2.00 bits per heavy atom. The van der Waals surface area contributed by atoms with Crippen molar-refractivity contribution in [1.82, 2.24) is 5.32 Å². The van der Waals surface area contributed by atoms with Crippen molar-refractivity contribution in [2.45, 2.75) is 25.8 Å². The monoisotopic (exact) mass is 269 g/mol. The summed E-state index contributed by atoms with van der Waals surface area (Å²) in [5.74, 6) is 1.63. The van der Waals surface area contributed by atoms with Crippen molar-refractivity contribution in [2.75, 3.05) is 25.7 Å². The fraction of sp³-hybridized carbons (Fsp3) is 0.571. The Balaban J connectivity index is 2.24. The topological polar surface area (TPSA) is 38.3 Å². The van der Waals surface area contributed by atoms with Gasteiger partial charge in [-0.3, -0.25) is 4.21 Å². The first-order chi connectivity index (χ1) is 8.61. The smallest absolute Gasteiger partial charge is 0.118 e. The molecule has 0 spiro atoms. The van der Waals surface area contributed by atoms with Gasteiger partial charge >= 0.3 is 0 Å². The maximum Gasteiger partial charge on any atom is 0.118 e. The number of hydrogen-bond donors (Lipinski definition) is 1. The van der Waals surface area contributed by atoms with Crippen LogP contribution in [-0.4, -0.2) is 35.9 Å². The lowest BCUT2D eigenvalue weighted by Crippen LogP contribution is -2.30. The summed E-state index contributed by atoms with van der Waals surface area (Å²) in [6.07, 6.45) is 3.87. The zero-order valence-corrected chi connectivity index (χ0v) is 12.3. The molecule has 102 valence electrons. The van der Waals surface area contributed by atoms with Crippen molar-refractivity contribution in [2.24, 2.45) is 0 Å². The fourth-order valence-corrected chi connectivity index (χ4v) is 2.13. The quantitative estimate of drug-likeness (QED) is 0.784. The van der Waals surface area contributed by atoms with E-state index in [2.05, 4.69) is 24.4 Å². The van der Waals surface area contributed by atoms with Crippen LogP contribution in [0.4, 0.5) is 0 Å². The Bertz CT molecular complexity index is 365. The summed E-state index contributed by atoms with van der Waals surface area (Å²) in [6.45, 7) is 3.00. The van der Waals surface area contributed by atoms with Crippen molar-refractivity contribution in [3.63, 3.8) is 0 Å². The first-order valence-corrected chi connectivity index (χ1v) is 8.01. The van der Waals surface area contributed by atoms with Crippen LogP contribution in [0.2, 0.25) is 0 Å². The van der Waals surface area contributed by atoms with Crippen LogP contribution >= 0.6 is 0 Å². The highest BCUT2D eigenvalue weighted by molar-refractivity contribution is 7.84. The van der Waals surface area contributed by atoms with Crippen LogP contribution in [-0.2, 0) is 17.2 Å². The molecule has 1 rings (SSSR count). The molecular formula is C14H23NO2S. The van der Waals surface area contributed by atoms with Crippen LogP contribution in [0, 0.1) is 0 Å². The molecule has 18 heavy (non-hydrogen) atoms. The molecule has 0 heterocycles. The zero-order valence-electron chi connectivity index (χ0n) is 11.4. The molecule has 2 unspecified atom stereocenters. The largest absolute Gasteiger partial charge is 0.497 e. The predicted molar refractivity (Wildman–Crippen MR) is 77.7 cm³/mol. The van der Waals surface area contributed by atoms with Crippen molar-refractivity contribution in [1.29, 1.82) is 0 Å². The summed E-state index contributed by atoms with van der Waals surface area (Å²) in [5, 5.41) is 3.39. The van der Waals surface area contributed by atoms with Gasteiger partial charge in [0.05, 0.1) is 7.11 Å². The van der Waals surface area contributed by atoms with E-state index in [-0.39, 0.29) is 0 Å². The van der Waals surface area contributed by atoms with Crippen molar-refractivity contribution >= 4 is 10.8 Å². The highest BCUT2D eigenvalue weighted by atomic mass is 32.2. The number of nitrogens with one attached hydrogen (secondary N) is 1. The molecule has 4 heteroatoms. The van der Waals surface area contributed by atoms with Gasteiger partial charge in [-0.25, -0.2) is 0 Å². The Morgan fingerprint density at radius 3 is 2.56 bits per heavy atom. The number of methoxy groups -OCH3 is 1. The standard InChI is InChI=1S/C14H23NO2S/c1-12(15-10-11-18(3)16)4-5-13-6-8-14(17-2)9-7-13/h6-9,12,15H,4-5,10-11H2,1-3H3. The van der Waals surface area contributed by atoms with Crippen LogP contribution in [0.5, 0.6) is 5.75 Å². The van der Waals surface area contributed by atoms with Crippen molar-refractivity contribution < 1.29 is 8.95 Å². The van der Waals surface area contributed by atoms with Crippen LogP contribution in [0.1, 0.15) is 18.9 Å². The van der Waals surface area contributed by atoms with E-state index >= 15 is 0 Å². The molecule has 0 aromatic heterocycles. The van der Waals surface area contributed by atoms with E-state index in [1.807, 2.05) is 12.1 Å². The van der Waals surface area contributed by atoms with E-state index in [4.69, 9.17) is 4.74 Å². The first kappa shape index (κ1) is 15.2. The second kappa shape index (κ2) is 8.27. The summed E-state index contributed by atoms with van der Waals surface area (Å²) in [5.41, 5.74) is 1.32. The van der Waals surface area contributed by atoms with Gasteiger partial charge in [-0.2, -0.15) is 0 Å². The molecule has 0 aliphatic rings. The summed E-state index contributed by atoms with van der Waals surface area (Å²) in [4.78, 5) is 0. The van der Waals surface area contributed by atoms with E-state index in [9.17, 15) is 4.21 Å². The average Bonchev–Trinajstić information content (AvgIpc) is 2.36. The molecular weight excluding hydrogens is 246 g/mol. The molecule has 2 atom stereocenters. The van der Waals surface area contributed by atoms with Crippen molar-refractivity contribution in [3.05, 3.63) is 29.8 Å². The second-order valence-electron chi connectivity index (χ2n) is 4.52. The van der Waals surface area contributed by atoms with Gasteiger partial charge < -0.3 is 10.1 Å². The van der Waals surface area contributed by atoms with Gasteiger partial charge in [0.25, 0.3) is 0 Å². The average molecular weight is 269 g/mol. The van der Waals surface area contributed by atoms with E-state index < -0.39 is 10.8 Å². The van der Waals surface area contributed by atoms with E-state index in [0.717, 1.165) is 30.9 Å². The number of hydrogen-bond acceptors (Lipinski definition) is 3. The lowest BCUT2D eigenvalue weighted by molar-refractivity contribution is 0.414. The maximum absolute atomic E-state index is 10.9. The van der Waals surface area contributed by atoms with Gasteiger partial charge in [0.1, 0.15) is 5.75 Å². The van der Waals surface area contributed by atoms with Gasteiger partial charge in [0, 0.05) is 35.4 Å². The molecule has 0 saturated heterocycles. The van der Waals surface area contributed by atoms with Gasteiger partial charge in [0.15, 0.2) is 0 Å². The van der Waals surface area contributed by atoms with Crippen LogP contribution in [0.25, 0.3) is 0 Å². The Kier molecular flexibility index (Phi) is 6.98. The number of ether oxygens (including phenoxy) is 1. The normalized spacial score (nSPS) is 14.2. The minimum absolute atomic E-state index is 0.454. The Morgan fingerprint density at radius 1 is 1.33 bits per heavy atom. The fourth-order valence-electron chi connectivity index (χ4n) is 1.73. The number of rotatable bonds is 8. The highest BCUT2D eigenvalue weighted by Crippen LogP contribution is 2.13. The summed E-state index contributed by atoms with van der Waals surface area (Å²) >= 11 is 0. The van der Waals surface area contributed by atoms with Gasteiger partial charge in [0.2, 0.25) is 0 Å². The molecule has 3 nitrogen and oxygen atoms in total.